The van der Waals surface area contributed by atoms with E-state index in [0.717, 1.165) is 5.56 Å². The van der Waals surface area contributed by atoms with E-state index in [1.807, 2.05) is 6.92 Å². The molecule has 1 aromatic rings. The van der Waals surface area contributed by atoms with E-state index in [0.29, 0.717) is 17.1 Å². The maximum Gasteiger partial charge on any atom is 0.307 e. The van der Waals surface area contributed by atoms with Crippen LogP contribution in [-0.4, -0.2) is 17.0 Å². The number of aliphatic carboxylic acids is 1. The number of amides is 1. The summed E-state index contributed by atoms with van der Waals surface area (Å²) in [4.78, 5) is 22.4. The van der Waals surface area contributed by atoms with Crippen LogP contribution < -0.4 is 5.32 Å². The number of carbonyl (C=O) groups excluding carboxylic acids is 1. The Morgan fingerprint density at radius 1 is 1.41 bits per heavy atom. The third kappa shape index (κ3) is 2.58. The van der Waals surface area contributed by atoms with Crippen LogP contribution in [-0.2, 0) is 9.59 Å². The molecule has 1 saturated carbocycles. The molecule has 17 heavy (non-hydrogen) atoms. The number of anilines is 1. The summed E-state index contributed by atoms with van der Waals surface area (Å²) in [5, 5.41) is 12.1. The first-order valence-corrected chi connectivity index (χ1v) is 5.66. The quantitative estimate of drug-likeness (QED) is 0.869. The molecule has 0 spiro atoms. The molecule has 2 rings (SSSR count). The monoisotopic (exact) mass is 253 g/mol. The normalized spacial score (nSPS) is 22.0. The highest BCUT2D eigenvalue weighted by molar-refractivity contribution is 6.30. The lowest BCUT2D eigenvalue weighted by atomic mass is 10.2. The molecule has 0 radical (unpaired) electrons. The van der Waals surface area contributed by atoms with Gasteiger partial charge >= 0.3 is 5.97 Å². The van der Waals surface area contributed by atoms with Crippen LogP contribution in [0.3, 0.4) is 0 Å². The van der Waals surface area contributed by atoms with E-state index in [9.17, 15) is 9.59 Å². The van der Waals surface area contributed by atoms with Crippen LogP contribution >= 0.6 is 11.6 Å². The van der Waals surface area contributed by atoms with E-state index in [2.05, 4.69) is 5.32 Å². The van der Waals surface area contributed by atoms with Gasteiger partial charge in [-0.25, -0.2) is 0 Å². The third-order valence-electron chi connectivity index (χ3n) is 2.89. The number of carboxylic acid groups (broad SMARTS) is 1. The van der Waals surface area contributed by atoms with Crippen molar-refractivity contribution in [3.05, 3.63) is 28.8 Å². The molecule has 4 nitrogen and oxygen atoms in total. The minimum atomic E-state index is -0.905. The molecule has 0 aliphatic heterocycles. The predicted molar refractivity (Wildman–Crippen MR) is 64.1 cm³/mol. The molecule has 1 amide bonds. The van der Waals surface area contributed by atoms with Crippen molar-refractivity contribution in [3.8, 4) is 0 Å². The summed E-state index contributed by atoms with van der Waals surface area (Å²) >= 11 is 5.80. The smallest absolute Gasteiger partial charge is 0.307 e. The number of hydrogen-bond donors (Lipinski definition) is 2. The van der Waals surface area contributed by atoms with Crippen molar-refractivity contribution in [3.63, 3.8) is 0 Å². The summed E-state index contributed by atoms with van der Waals surface area (Å²) in [7, 11) is 0. The fourth-order valence-corrected chi connectivity index (χ4v) is 1.98. The molecule has 2 atom stereocenters. The molecule has 2 N–H and O–H groups in total. The summed E-state index contributed by atoms with van der Waals surface area (Å²) in [6.07, 6.45) is 0.424. The van der Waals surface area contributed by atoms with E-state index < -0.39 is 17.8 Å². The van der Waals surface area contributed by atoms with Crippen LogP contribution in [0.5, 0.6) is 0 Å². The van der Waals surface area contributed by atoms with Gasteiger partial charge in [0, 0.05) is 10.7 Å². The van der Waals surface area contributed by atoms with Crippen molar-refractivity contribution in [1.82, 2.24) is 0 Å². The standard InChI is InChI=1S/C12H12ClNO3/c1-6-4-7(13)2-3-10(6)14-11(15)8-5-9(8)12(16)17/h2-4,8-9H,5H2,1H3,(H,14,15)(H,16,17). The van der Waals surface area contributed by atoms with Crippen LogP contribution in [0, 0.1) is 18.8 Å². The predicted octanol–water partition coefficient (Wildman–Crippen LogP) is 2.31. The minimum Gasteiger partial charge on any atom is -0.481 e. The molecule has 90 valence electrons. The summed E-state index contributed by atoms with van der Waals surface area (Å²) in [5.74, 6) is -2.06. The van der Waals surface area contributed by atoms with E-state index in [1.54, 1.807) is 18.2 Å². The summed E-state index contributed by atoms with van der Waals surface area (Å²) < 4.78 is 0. The average molecular weight is 254 g/mol. The van der Waals surface area contributed by atoms with Gasteiger partial charge < -0.3 is 10.4 Å². The first-order chi connectivity index (χ1) is 7.99. The van der Waals surface area contributed by atoms with E-state index in [4.69, 9.17) is 16.7 Å². The molecular weight excluding hydrogens is 242 g/mol. The molecule has 1 aliphatic carbocycles. The van der Waals surface area contributed by atoms with E-state index in [1.165, 1.54) is 0 Å². The van der Waals surface area contributed by atoms with Crippen LogP contribution in [0.25, 0.3) is 0 Å². The van der Waals surface area contributed by atoms with E-state index in [-0.39, 0.29) is 5.91 Å². The van der Waals surface area contributed by atoms with Crippen molar-refractivity contribution in [2.75, 3.05) is 5.32 Å². The van der Waals surface area contributed by atoms with Gasteiger partial charge in [-0.05, 0) is 37.1 Å². The number of halogens is 1. The lowest BCUT2D eigenvalue weighted by Gasteiger charge is -2.08. The molecule has 0 aromatic heterocycles. The average Bonchev–Trinajstić information content (AvgIpc) is 3.01. The van der Waals surface area contributed by atoms with Gasteiger partial charge in [-0.15, -0.1) is 0 Å². The van der Waals surface area contributed by atoms with Crippen molar-refractivity contribution in [1.29, 1.82) is 0 Å². The fraction of sp³-hybridized carbons (Fsp3) is 0.333. The van der Waals surface area contributed by atoms with Crippen LogP contribution in [0.4, 0.5) is 5.69 Å². The molecule has 0 saturated heterocycles. The molecule has 5 heteroatoms. The Kier molecular flexibility index (Phi) is 3.07. The number of hydrogen-bond acceptors (Lipinski definition) is 2. The van der Waals surface area contributed by atoms with Crippen LogP contribution in [0.1, 0.15) is 12.0 Å². The highest BCUT2D eigenvalue weighted by atomic mass is 35.5. The minimum absolute atomic E-state index is 0.233. The summed E-state index contributed by atoms with van der Waals surface area (Å²) in [6, 6.07) is 5.15. The summed E-state index contributed by atoms with van der Waals surface area (Å²) in [6.45, 7) is 1.84. The number of nitrogens with one attached hydrogen (secondary N) is 1. The molecule has 2 unspecified atom stereocenters. The Morgan fingerprint density at radius 2 is 2.12 bits per heavy atom. The Morgan fingerprint density at radius 3 is 2.65 bits per heavy atom. The van der Waals surface area contributed by atoms with Gasteiger partial charge in [-0.1, -0.05) is 11.6 Å². The second-order valence-corrected chi connectivity index (χ2v) is 4.67. The SMILES string of the molecule is Cc1cc(Cl)ccc1NC(=O)C1CC1C(=O)O. The molecule has 1 aromatic carbocycles. The zero-order chi connectivity index (χ0) is 12.6. The van der Waals surface area contributed by atoms with Gasteiger partial charge in [0.1, 0.15) is 0 Å². The van der Waals surface area contributed by atoms with Crippen LogP contribution in [0.2, 0.25) is 5.02 Å². The molecule has 1 aliphatic rings. The van der Waals surface area contributed by atoms with Gasteiger partial charge in [0.05, 0.1) is 11.8 Å². The van der Waals surface area contributed by atoms with Gasteiger partial charge in [0.25, 0.3) is 0 Å². The highest BCUT2D eigenvalue weighted by Gasteiger charge is 2.48. The Hall–Kier alpha value is -1.55. The second-order valence-electron chi connectivity index (χ2n) is 4.24. The van der Waals surface area contributed by atoms with Gasteiger partial charge in [-0.2, -0.15) is 0 Å². The Bertz CT molecular complexity index is 487. The number of benzene rings is 1. The summed E-state index contributed by atoms with van der Waals surface area (Å²) in [5.41, 5.74) is 1.54. The largest absolute Gasteiger partial charge is 0.481 e. The fourth-order valence-electron chi connectivity index (χ4n) is 1.75. The van der Waals surface area contributed by atoms with Crippen molar-refractivity contribution in [2.45, 2.75) is 13.3 Å². The lowest BCUT2D eigenvalue weighted by Crippen LogP contribution is -2.17. The van der Waals surface area contributed by atoms with Crippen molar-refractivity contribution < 1.29 is 14.7 Å². The number of rotatable bonds is 3. The van der Waals surface area contributed by atoms with Crippen molar-refractivity contribution >= 4 is 29.2 Å². The molecule has 1 fully saturated rings. The van der Waals surface area contributed by atoms with E-state index >= 15 is 0 Å². The van der Waals surface area contributed by atoms with Crippen molar-refractivity contribution in [2.24, 2.45) is 11.8 Å². The maximum atomic E-state index is 11.7. The zero-order valence-corrected chi connectivity index (χ0v) is 9.99. The molecular formula is C12H12ClNO3. The Labute approximate surface area is 104 Å². The lowest BCUT2D eigenvalue weighted by molar-refractivity contribution is -0.139. The zero-order valence-electron chi connectivity index (χ0n) is 9.24. The number of carbonyl (C=O) groups is 2. The third-order valence-corrected chi connectivity index (χ3v) is 3.13. The van der Waals surface area contributed by atoms with Gasteiger partial charge in [0.2, 0.25) is 5.91 Å². The second kappa shape index (κ2) is 4.37. The number of carboxylic acids is 1. The first kappa shape index (κ1) is 11.9. The molecule has 0 bridgehead atoms. The molecule has 0 heterocycles. The highest BCUT2D eigenvalue weighted by Crippen LogP contribution is 2.39. The van der Waals surface area contributed by atoms with Gasteiger partial charge in [-0.3, -0.25) is 9.59 Å². The van der Waals surface area contributed by atoms with Crippen LogP contribution in [0.15, 0.2) is 18.2 Å². The first-order valence-electron chi connectivity index (χ1n) is 5.29. The Balaban J connectivity index is 2.02. The number of aryl methyl sites for hydroxylation is 1. The van der Waals surface area contributed by atoms with Gasteiger partial charge in [0.15, 0.2) is 0 Å². The topological polar surface area (TPSA) is 66.4 Å². The maximum absolute atomic E-state index is 11.7.